The standard InChI is InChI=1S/C13H12F2N2O2/c1-2-19-13(18)8-17-7-10(6-16-17)9-3-4-11(14)12(15)5-9/h3-7H,2,8H2,1H3. The van der Waals surface area contributed by atoms with E-state index in [1.54, 1.807) is 13.1 Å². The highest BCUT2D eigenvalue weighted by atomic mass is 19.2. The maximum atomic E-state index is 13.1. The molecule has 0 bridgehead atoms. The number of aromatic nitrogens is 2. The van der Waals surface area contributed by atoms with Gasteiger partial charge in [0.1, 0.15) is 6.54 Å². The van der Waals surface area contributed by atoms with Gasteiger partial charge in [-0.2, -0.15) is 5.10 Å². The van der Waals surface area contributed by atoms with E-state index in [1.807, 2.05) is 0 Å². The third-order valence-corrected chi connectivity index (χ3v) is 2.48. The Morgan fingerprint density at radius 1 is 1.32 bits per heavy atom. The van der Waals surface area contributed by atoms with Crippen LogP contribution >= 0.6 is 0 Å². The molecule has 0 spiro atoms. The molecule has 0 atom stereocenters. The second kappa shape index (κ2) is 5.60. The molecule has 2 aromatic rings. The molecular weight excluding hydrogens is 254 g/mol. The number of benzene rings is 1. The highest BCUT2D eigenvalue weighted by Crippen LogP contribution is 2.20. The summed E-state index contributed by atoms with van der Waals surface area (Å²) in [5.74, 6) is -2.22. The third-order valence-electron chi connectivity index (χ3n) is 2.48. The summed E-state index contributed by atoms with van der Waals surface area (Å²) in [6.45, 7) is 2.00. The van der Waals surface area contributed by atoms with E-state index < -0.39 is 17.6 Å². The first-order chi connectivity index (χ1) is 9.10. The van der Waals surface area contributed by atoms with Gasteiger partial charge in [-0.15, -0.1) is 0 Å². The third kappa shape index (κ3) is 3.15. The number of rotatable bonds is 4. The Kier molecular flexibility index (Phi) is 3.89. The lowest BCUT2D eigenvalue weighted by atomic mass is 10.1. The molecular formula is C13H12F2N2O2. The molecule has 0 aliphatic carbocycles. The van der Waals surface area contributed by atoms with Crippen LogP contribution in [0.15, 0.2) is 30.6 Å². The molecule has 0 fully saturated rings. The molecule has 19 heavy (non-hydrogen) atoms. The lowest BCUT2D eigenvalue weighted by Crippen LogP contribution is -2.13. The van der Waals surface area contributed by atoms with Gasteiger partial charge in [-0.25, -0.2) is 8.78 Å². The monoisotopic (exact) mass is 266 g/mol. The summed E-state index contributed by atoms with van der Waals surface area (Å²) in [6, 6.07) is 3.58. The van der Waals surface area contributed by atoms with Crippen molar-refractivity contribution in [2.75, 3.05) is 6.61 Å². The molecule has 0 N–H and O–H groups in total. The van der Waals surface area contributed by atoms with Crippen molar-refractivity contribution in [1.82, 2.24) is 9.78 Å². The second-order valence-electron chi connectivity index (χ2n) is 3.86. The van der Waals surface area contributed by atoms with Gasteiger partial charge in [0.2, 0.25) is 0 Å². The van der Waals surface area contributed by atoms with Crippen LogP contribution in [0.3, 0.4) is 0 Å². The van der Waals surface area contributed by atoms with Gasteiger partial charge in [0.05, 0.1) is 12.8 Å². The zero-order valence-corrected chi connectivity index (χ0v) is 10.3. The van der Waals surface area contributed by atoms with Gasteiger partial charge < -0.3 is 4.74 Å². The Morgan fingerprint density at radius 3 is 2.79 bits per heavy atom. The van der Waals surface area contributed by atoms with Gasteiger partial charge in [0, 0.05) is 11.8 Å². The average Bonchev–Trinajstić information content (AvgIpc) is 2.81. The van der Waals surface area contributed by atoms with E-state index in [1.165, 1.54) is 16.9 Å². The van der Waals surface area contributed by atoms with Gasteiger partial charge in [0.15, 0.2) is 11.6 Å². The van der Waals surface area contributed by atoms with Gasteiger partial charge in [0.25, 0.3) is 0 Å². The smallest absolute Gasteiger partial charge is 0.327 e. The van der Waals surface area contributed by atoms with E-state index in [0.29, 0.717) is 17.7 Å². The summed E-state index contributed by atoms with van der Waals surface area (Å²) in [6.07, 6.45) is 3.05. The number of ether oxygens (including phenoxy) is 1. The number of hydrogen-bond donors (Lipinski definition) is 0. The van der Waals surface area contributed by atoms with Crippen LogP contribution in [0.25, 0.3) is 11.1 Å². The summed E-state index contributed by atoms with van der Waals surface area (Å²) < 4.78 is 32.1. The van der Waals surface area contributed by atoms with Crippen molar-refractivity contribution >= 4 is 5.97 Å². The molecule has 1 aromatic carbocycles. The van der Waals surface area contributed by atoms with Crippen LogP contribution in [0.4, 0.5) is 8.78 Å². The molecule has 1 aromatic heterocycles. The van der Waals surface area contributed by atoms with E-state index in [0.717, 1.165) is 12.1 Å². The molecule has 100 valence electrons. The Hall–Kier alpha value is -2.24. The second-order valence-corrected chi connectivity index (χ2v) is 3.86. The predicted molar refractivity (Wildman–Crippen MR) is 64.2 cm³/mol. The molecule has 4 nitrogen and oxygen atoms in total. The average molecular weight is 266 g/mol. The highest BCUT2D eigenvalue weighted by molar-refractivity contribution is 5.69. The number of carbonyl (C=O) groups excluding carboxylic acids is 1. The van der Waals surface area contributed by atoms with Crippen LogP contribution in [0.1, 0.15) is 6.92 Å². The molecule has 0 aliphatic heterocycles. The summed E-state index contributed by atoms with van der Waals surface area (Å²) in [5, 5.41) is 3.97. The minimum absolute atomic E-state index is 0.0164. The van der Waals surface area contributed by atoms with Crippen molar-refractivity contribution in [2.24, 2.45) is 0 Å². The largest absolute Gasteiger partial charge is 0.465 e. The Balaban J connectivity index is 2.16. The Bertz CT molecular complexity index is 596. The summed E-state index contributed by atoms with van der Waals surface area (Å²) in [7, 11) is 0. The molecule has 0 unspecified atom stereocenters. The normalized spacial score (nSPS) is 10.5. The molecule has 0 aliphatic rings. The molecule has 0 saturated carbocycles. The Morgan fingerprint density at radius 2 is 2.11 bits per heavy atom. The summed E-state index contributed by atoms with van der Waals surface area (Å²) in [5.41, 5.74) is 1.09. The van der Waals surface area contributed by atoms with Gasteiger partial charge in [-0.05, 0) is 24.6 Å². The number of hydrogen-bond acceptors (Lipinski definition) is 3. The van der Waals surface area contributed by atoms with Crippen LogP contribution in [0.5, 0.6) is 0 Å². The fraction of sp³-hybridized carbons (Fsp3) is 0.231. The van der Waals surface area contributed by atoms with E-state index in [9.17, 15) is 13.6 Å². The van der Waals surface area contributed by atoms with Crippen molar-refractivity contribution in [2.45, 2.75) is 13.5 Å². The fourth-order valence-electron chi connectivity index (χ4n) is 1.61. The first-order valence-electron chi connectivity index (χ1n) is 5.73. The maximum Gasteiger partial charge on any atom is 0.327 e. The van der Waals surface area contributed by atoms with Crippen molar-refractivity contribution in [1.29, 1.82) is 0 Å². The SMILES string of the molecule is CCOC(=O)Cn1cc(-c2ccc(F)c(F)c2)cn1. The first-order valence-corrected chi connectivity index (χ1v) is 5.73. The van der Waals surface area contributed by atoms with Crippen molar-refractivity contribution < 1.29 is 18.3 Å². The van der Waals surface area contributed by atoms with E-state index in [4.69, 9.17) is 4.74 Å². The quantitative estimate of drug-likeness (QED) is 0.798. The van der Waals surface area contributed by atoms with Crippen LogP contribution in [-0.2, 0) is 16.1 Å². The number of esters is 1. The highest BCUT2D eigenvalue weighted by Gasteiger charge is 2.08. The topological polar surface area (TPSA) is 44.1 Å². The van der Waals surface area contributed by atoms with Crippen molar-refractivity contribution in [3.63, 3.8) is 0 Å². The van der Waals surface area contributed by atoms with E-state index in [2.05, 4.69) is 5.10 Å². The summed E-state index contributed by atoms with van der Waals surface area (Å²) in [4.78, 5) is 11.3. The number of nitrogens with zero attached hydrogens (tertiary/aromatic N) is 2. The molecule has 0 saturated heterocycles. The Labute approximate surface area is 108 Å². The zero-order chi connectivity index (χ0) is 13.8. The van der Waals surface area contributed by atoms with Gasteiger partial charge in [-0.1, -0.05) is 6.07 Å². The minimum Gasteiger partial charge on any atom is -0.465 e. The summed E-state index contributed by atoms with van der Waals surface area (Å²) >= 11 is 0. The van der Waals surface area contributed by atoms with Crippen LogP contribution in [-0.4, -0.2) is 22.4 Å². The zero-order valence-electron chi connectivity index (χ0n) is 10.3. The van der Waals surface area contributed by atoms with Gasteiger partial charge >= 0.3 is 5.97 Å². The van der Waals surface area contributed by atoms with Crippen molar-refractivity contribution in [3.8, 4) is 11.1 Å². The van der Waals surface area contributed by atoms with Crippen LogP contribution in [0.2, 0.25) is 0 Å². The number of halogens is 2. The molecule has 2 rings (SSSR count). The molecule has 1 heterocycles. The molecule has 6 heteroatoms. The molecule has 0 radical (unpaired) electrons. The van der Waals surface area contributed by atoms with Gasteiger partial charge in [-0.3, -0.25) is 9.48 Å². The lowest BCUT2D eigenvalue weighted by molar-refractivity contribution is -0.144. The number of carbonyl (C=O) groups is 1. The van der Waals surface area contributed by atoms with E-state index in [-0.39, 0.29) is 6.54 Å². The minimum atomic E-state index is -0.921. The lowest BCUT2D eigenvalue weighted by Gasteiger charge is -2.01. The first kappa shape index (κ1) is 13.2. The fourth-order valence-corrected chi connectivity index (χ4v) is 1.61. The van der Waals surface area contributed by atoms with Crippen LogP contribution < -0.4 is 0 Å². The molecule has 0 amide bonds. The van der Waals surface area contributed by atoms with Crippen LogP contribution in [0, 0.1) is 11.6 Å². The van der Waals surface area contributed by atoms with E-state index >= 15 is 0 Å². The maximum absolute atomic E-state index is 13.1. The van der Waals surface area contributed by atoms with Crippen molar-refractivity contribution in [3.05, 3.63) is 42.2 Å². The predicted octanol–water partition coefficient (Wildman–Crippen LogP) is 2.39.